The highest BCUT2D eigenvalue weighted by Crippen LogP contribution is 2.32. The highest BCUT2D eigenvalue weighted by molar-refractivity contribution is 5.91. The van der Waals surface area contributed by atoms with Crippen LogP contribution >= 0.6 is 0 Å². The van der Waals surface area contributed by atoms with Crippen molar-refractivity contribution in [2.45, 2.75) is 12.7 Å². The van der Waals surface area contributed by atoms with Crippen LogP contribution in [0.4, 0.5) is 13.2 Å². The van der Waals surface area contributed by atoms with Gasteiger partial charge in [-0.2, -0.15) is 13.2 Å². The Kier molecular flexibility index (Phi) is 3.54. The number of methoxy groups -OCH3 is 1. The molecule has 0 aliphatic heterocycles. The maximum atomic E-state index is 12.5. The van der Waals surface area contributed by atoms with E-state index in [4.69, 9.17) is 5.73 Å². The van der Waals surface area contributed by atoms with Crippen LogP contribution in [0, 0.1) is 0 Å². The van der Waals surface area contributed by atoms with E-state index < -0.39 is 23.3 Å². The molecule has 0 saturated carbocycles. The van der Waals surface area contributed by atoms with Crippen LogP contribution in [0.5, 0.6) is 0 Å². The van der Waals surface area contributed by atoms with Crippen molar-refractivity contribution in [2.75, 3.05) is 7.11 Å². The molecule has 0 saturated heterocycles. The van der Waals surface area contributed by atoms with Crippen molar-refractivity contribution in [1.29, 1.82) is 0 Å². The second-order valence-electron chi connectivity index (χ2n) is 3.07. The molecule has 0 radical (unpaired) electrons. The Hall–Kier alpha value is -1.56. The van der Waals surface area contributed by atoms with E-state index in [0.29, 0.717) is 5.56 Å². The van der Waals surface area contributed by atoms with Crippen molar-refractivity contribution in [3.63, 3.8) is 0 Å². The zero-order valence-electron chi connectivity index (χ0n) is 8.47. The van der Waals surface area contributed by atoms with Crippen LogP contribution in [0.25, 0.3) is 0 Å². The molecule has 0 fully saturated rings. The van der Waals surface area contributed by atoms with Gasteiger partial charge in [-0.25, -0.2) is 4.79 Å². The molecule has 0 aromatic heterocycles. The molecule has 0 amide bonds. The first-order chi connectivity index (χ1) is 7.40. The highest BCUT2D eigenvalue weighted by atomic mass is 19.4. The van der Waals surface area contributed by atoms with E-state index in [0.717, 1.165) is 19.2 Å². The number of benzene rings is 1. The molecule has 0 bridgehead atoms. The maximum Gasteiger partial charge on any atom is 0.417 e. The second-order valence-corrected chi connectivity index (χ2v) is 3.07. The summed E-state index contributed by atoms with van der Waals surface area (Å²) in [6, 6.07) is 3.15. The van der Waals surface area contributed by atoms with E-state index >= 15 is 0 Å². The first-order valence-corrected chi connectivity index (χ1v) is 4.38. The molecule has 16 heavy (non-hydrogen) atoms. The number of halogens is 3. The molecule has 88 valence electrons. The van der Waals surface area contributed by atoms with Gasteiger partial charge in [0.1, 0.15) is 0 Å². The third-order valence-corrected chi connectivity index (χ3v) is 2.03. The lowest BCUT2D eigenvalue weighted by atomic mass is 10.0. The van der Waals surface area contributed by atoms with Gasteiger partial charge in [0, 0.05) is 6.54 Å². The van der Waals surface area contributed by atoms with Crippen LogP contribution in [0.15, 0.2) is 18.2 Å². The number of nitrogens with two attached hydrogens (primary N) is 1. The minimum atomic E-state index is -4.59. The lowest BCUT2D eigenvalue weighted by Gasteiger charge is -2.12. The fourth-order valence-electron chi connectivity index (χ4n) is 1.24. The van der Waals surface area contributed by atoms with Gasteiger partial charge in [0.15, 0.2) is 0 Å². The average molecular weight is 233 g/mol. The molecule has 0 unspecified atom stereocenters. The van der Waals surface area contributed by atoms with Gasteiger partial charge in [-0.05, 0) is 17.7 Å². The average Bonchev–Trinajstić information content (AvgIpc) is 2.25. The summed E-state index contributed by atoms with van der Waals surface area (Å²) in [7, 11) is 1.03. The highest BCUT2D eigenvalue weighted by Gasteiger charge is 2.35. The van der Waals surface area contributed by atoms with E-state index in [1.54, 1.807) is 0 Å². The van der Waals surface area contributed by atoms with Crippen LogP contribution in [0.1, 0.15) is 21.5 Å². The fourth-order valence-corrected chi connectivity index (χ4v) is 1.24. The number of esters is 1. The zero-order chi connectivity index (χ0) is 12.3. The fraction of sp³-hybridized carbons (Fsp3) is 0.300. The molecule has 0 aliphatic carbocycles. The Morgan fingerprint density at radius 2 is 2.06 bits per heavy atom. The summed E-state index contributed by atoms with van der Waals surface area (Å²) in [5.74, 6) is -1.03. The van der Waals surface area contributed by atoms with Crippen LogP contribution in [-0.2, 0) is 17.5 Å². The standard InChI is InChI=1S/C10H10F3NO2/c1-16-9(15)7-4-6(5-14)2-3-8(7)10(11,12)13/h2-4H,5,14H2,1H3. The van der Waals surface area contributed by atoms with Gasteiger partial charge in [0.05, 0.1) is 18.2 Å². The summed E-state index contributed by atoms with van der Waals surface area (Å²) in [6.45, 7) is 0.0577. The first kappa shape index (κ1) is 12.5. The number of ether oxygens (including phenoxy) is 1. The summed E-state index contributed by atoms with van der Waals surface area (Å²) >= 11 is 0. The maximum absolute atomic E-state index is 12.5. The lowest BCUT2D eigenvalue weighted by molar-refractivity contribution is -0.138. The van der Waals surface area contributed by atoms with E-state index in [-0.39, 0.29) is 6.54 Å². The van der Waals surface area contributed by atoms with E-state index in [9.17, 15) is 18.0 Å². The Morgan fingerprint density at radius 3 is 2.50 bits per heavy atom. The minimum absolute atomic E-state index is 0.0577. The SMILES string of the molecule is COC(=O)c1cc(CN)ccc1C(F)(F)F. The Morgan fingerprint density at radius 1 is 1.44 bits per heavy atom. The van der Waals surface area contributed by atoms with Crippen molar-refractivity contribution < 1.29 is 22.7 Å². The Balaban J connectivity index is 3.33. The summed E-state index contributed by atoms with van der Waals surface area (Å²) in [4.78, 5) is 11.2. The molecular weight excluding hydrogens is 223 g/mol. The van der Waals surface area contributed by atoms with Crippen molar-refractivity contribution in [1.82, 2.24) is 0 Å². The zero-order valence-corrected chi connectivity index (χ0v) is 8.47. The summed E-state index contributed by atoms with van der Waals surface area (Å²) in [5.41, 5.74) is 4.19. The monoisotopic (exact) mass is 233 g/mol. The first-order valence-electron chi connectivity index (χ1n) is 4.38. The molecule has 1 rings (SSSR count). The van der Waals surface area contributed by atoms with Crippen molar-refractivity contribution >= 4 is 5.97 Å². The van der Waals surface area contributed by atoms with Crippen LogP contribution in [0.3, 0.4) is 0 Å². The van der Waals surface area contributed by atoms with E-state index in [1.807, 2.05) is 0 Å². The largest absolute Gasteiger partial charge is 0.465 e. The smallest absolute Gasteiger partial charge is 0.417 e. The predicted octanol–water partition coefficient (Wildman–Crippen LogP) is 1.95. The molecule has 0 atom stereocenters. The van der Waals surface area contributed by atoms with Gasteiger partial charge in [0.2, 0.25) is 0 Å². The molecule has 1 aromatic rings. The van der Waals surface area contributed by atoms with Gasteiger partial charge >= 0.3 is 12.1 Å². The summed E-state index contributed by atoms with van der Waals surface area (Å²) < 4.78 is 41.9. The topological polar surface area (TPSA) is 52.3 Å². The van der Waals surface area contributed by atoms with Gasteiger partial charge in [0.25, 0.3) is 0 Å². The molecule has 6 heteroatoms. The molecule has 0 heterocycles. The van der Waals surface area contributed by atoms with Crippen molar-refractivity contribution in [3.05, 3.63) is 34.9 Å². The van der Waals surface area contributed by atoms with Crippen molar-refractivity contribution in [2.24, 2.45) is 5.73 Å². The van der Waals surface area contributed by atoms with Crippen LogP contribution in [-0.4, -0.2) is 13.1 Å². The number of alkyl halides is 3. The molecule has 0 aliphatic rings. The number of carbonyl (C=O) groups excluding carboxylic acids is 1. The number of hydrogen-bond donors (Lipinski definition) is 1. The second kappa shape index (κ2) is 4.52. The van der Waals surface area contributed by atoms with Crippen LogP contribution in [0.2, 0.25) is 0 Å². The minimum Gasteiger partial charge on any atom is -0.465 e. The Bertz CT molecular complexity index is 402. The third-order valence-electron chi connectivity index (χ3n) is 2.03. The molecular formula is C10H10F3NO2. The number of carbonyl (C=O) groups is 1. The summed E-state index contributed by atoms with van der Waals surface area (Å²) in [6.07, 6.45) is -4.59. The molecule has 2 N–H and O–H groups in total. The van der Waals surface area contributed by atoms with Gasteiger partial charge in [-0.15, -0.1) is 0 Å². The Labute approximate surface area is 90.0 Å². The molecule has 3 nitrogen and oxygen atoms in total. The normalized spacial score (nSPS) is 11.3. The number of hydrogen-bond acceptors (Lipinski definition) is 3. The van der Waals surface area contributed by atoms with Crippen LogP contribution < -0.4 is 5.73 Å². The van der Waals surface area contributed by atoms with E-state index in [1.165, 1.54) is 6.07 Å². The third kappa shape index (κ3) is 2.52. The quantitative estimate of drug-likeness (QED) is 0.794. The van der Waals surface area contributed by atoms with Gasteiger partial charge < -0.3 is 10.5 Å². The predicted molar refractivity (Wildman–Crippen MR) is 50.7 cm³/mol. The number of rotatable bonds is 2. The van der Waals surface area contributed by atoms with Crippen molar-refractivity contribution in [3.8, 4) is 0 Å². The molecule has 0 spiro atoms. The molecule has 1 aromatic carbocycles. The summed E-state index contributed by atoms with van der Waals surface area (Å²) in [5, 5.41) is 0. The van der Waals surface area contributed by atoms with E-state index in [2.05, 4.69) is 4.74 Å². The van der Waals surface area contributed by atoms with Gasteiger partial charge in [-0.1, -0.05) is 6.07 Å². The lowest BCUT2D eigenvalue weighted by Crippen LogP contribution is -2.15. The van der Waals surface area contributed by atoms with Gasteiger partial charge in [-0.3, -0.25) is 0 Å².